The van der Waals surface area contributed by atoms with Crippen molar-refractivity contribution in [3.63, 3.8) is 0 Å². The molecule has 0 aromatic heterocycles. The molecule has 0 aliphatic heterocycles. The highest BCUT2D eigenvalue weighted by molar-refractivity contribution is 6.30. The largest absolute Gasteiger partial charge is 0.463 e. The summed E-state index contributed by atoms with van der Waals surface area (Å²) >= 11 is 5.94. The molecule has 2 rings (SSSR count). The zero-order chi connectivity index (χ0) is 20.4. The number of ether oxygens (including phenoxy) is 2. The van der Waals surface area contributed by atoms with Crippen LogP contribution in [-0.2, 0) is 20.9 Å². The lowest BCUT2D eigenvalue weighted by atomic mass is 9.92. The Kier molecular flexibility index (Phi) is 8.65. The average Bonchev–Trinajstić information content (AvgIpc) is 2.68. The molecule has 0 fully saturated rings. The summed E-state index contributed by atoms with van der Waals surface area (Å²) in [4.78, 5) is 22.6. The minimum atomic E-state index is -0.698. The SMILES string of the molecule is CCOC(=O)/C=C/[C@@H](OCc1ccccc1)[C@H](C[N+](=O)[O-])c1ccc(Cl)cc1. The van der Waals surface area contributed by atoms with Crippen LogP contribution in [0.3, 0.4) is 0 Å². The van der Waals surface area contributed by atoms with Crippen LogP contribution in [0.25, 0.3) is 0 Å². The lowest BCUT2D eigenvalue weighted by Crippen LogP contribution is -2.27. The molecule has 0 bridgehead atoms. The molecule has 148 valence electrons. The zero-order valence-electron chi connectivity index (χ0n) is 15.5. The Morgan fingerprint density at radius 1 is 1.18 bits per heavy atom. The summed E-state index contributed by atoms with van der Waals surface area (Å²) in [5.41, 5.74) is 1.63. The molecule has 0 heterocycles. The molecule has 0 aliphatic carbocycles. The van der Waals surface area contributed by atoms with E-state index in [1.807, 2.05) is 30.3 Å². The molecule has 0 saturated heterocycles. The number of halogens is 1. The third-order valence-corrected chi connectivity index (χ3v) is 4.29. The quantitative estimate of drug-likeness (QED) is 0.254. The Hall–Kier alpha value is -2.70. The second-order valence-electron chi connectivity index (χ2n) is 6.05. The minimum Gasteiger partial charge on any atom is -0.463 e. The molecule has 28 heavy (non-hydrogen) atoms. The first-order valence-electron chi connectivity index (χ1n) is 8.87. The van der Waals surface area contributed by atoms with Crippen LogP contribution in [0.15, 0.2) is 66.7 Å². The first kappa shape index (κ1) is 21.6. The fourth-order valence-corrected chi connectivity index (χ4v) is 2.83. The topological polar surface area (TPSA) is 78.7 Å². The van der Waals surface area contributed by atoms with Crippen molar-refractivity contribution in [3.8, 4) is 0 Å². The van der Waals surface area contributed by atoms with E-state index in [9.17, 15) is 14.9 Å². The van der Waals surface area contributed by atoms with Crippen molar-refractivity contribution in [2.45, 2.75) is 25.6 Å². The van der Waals surface area contributed by atoms with Crippen molar-refractivity contribution in [2.24, 2.45) is 0 Å². The van der Waals surface area contributed by atoms with Gasteiger partial charge in [0.15, 0.2) is 0 Å². The molecule has 0 amide bonds. The highest BCUT2D eigenvalue weighted by atomic mass is 35.5. The summed E-state index contributed by atoms with van der Waals surface area (Å²) in [6.45, 7) is 1.85. The van der Waals surface area contributed by atoms with Gasteiger partial charge in [0.2, 0.25) is 6.54 Å². The average molecular weight is 404 g/mol. The summed E-state index contributed by atoms with van der Waals surface area (Å²) in [7, 11) is 0. The van der Waals surface area contributed by atoms with E-state index in [-0.39, 0.29) is 19.8 Å². The number of carbonyl (C=O) groups is 1. The maximum atomic E-state index is 11.7. The number of nitrogens with zero attached hydrogens (tertiary/aromatic N) is 1. The van der Waals surface area contributed by atoms with Gasteiger partial charge in [-0.1, -0.05) is 54.1 Å². The van der Waals surface area contributed by atoms with Crippen LogP contribution in [0.5, 0.6) is 0 Å². The first-order valence-corrected chi connectivity index (χ1v) is 9.25. The van der Waals surface area contributed by atoms with E-state index >= 15 is 0 Å². The van der Waals surface area contributed by atoms with Gasteiger partial charge in [0, 0.05) is 16.0 Å². The highest BCUT2D eigenvalue weighted by Crippen LogP contribution is 2.26. The molecule has 0 unspecified atom stereocenters. The van der Waals surface area contributed by atoms with E-state index in [4.69, 9.17) is 21.1 Å². The molecule has 0 radical (unpaired) electrons. The van der Waals surface area contributed by atoms with Gasteiger partial charge in [-0.05, 0) is 36.3 Å². The Morgan fingerprint density at radius 2 is 1.86 bits per heavy atom. The molecular weight excluding hydrogens is 382 g/mol. The molecule has 2 atom stereocenters. The number of esters is 1. The van der Waals surface area contributed by atoms with E-state index in [1.54, 1.807) is 31.2 Å². The summed E-state index contributed by atoms with van der Waals surface area (Å²) in [6.07, 6.45) is 2.07. The summed E-state index contributed by atoms with van der Waals surface area (Å²) < 4.78 is 10.9. The minimum absolute atomic E-state index is 0.244. The fraction of sp³-hybridized carbons (Fsp3) is 0.286. The van der Waals surface area contributed by atoms with Gasteiger partial charge in [-0.2, -0.15) is 0 Å². The molecule has 0 aliphatic rings. The van der Waals surface area contributed by atoms with Crippen molar-refractivity contribution >= 4 is 17.6 Å². The van der Waals surface area contributed by atoms with E-state index in [0.29, 0.717) is 10.6 Å². The molecule has 2 aromatic carbocycles. The van der Waals surface area contributed by atoms with Gasteiger partial charge in [0.05, 0.1) is 25.2 Å². The third-order valence-electron chi connectivity index (χ3n) is 4.03. The summed E-state index contributed by atoms with van der Waals surface area (Å²) in [5, 5.41) is 11.8. The molecule has 0 saturated carbocycles. The van der Waals surface area contributed by atoms with Gasteiger partial charge in [-0.15, -0.1) is 0 Å². The van der Waals surface area contributed by atoms with Gasteiger partial charge in [0.25, 0.3) is 0 Å². The lowest BCUT2D eigenvalue weighted by molar-refractivity contribution is -0.485. The number of carbonyl (C=O) groups excluding carboxylic acids is 1. The fourth-order valence-electron chi connectivity index (χ4n) is 2.71. The van der Waals surface area contributed by atoms with Gasteiger partial charge >= 0.3 is 5.97 Å². The molecule has 6 nitrogen and oxygen atoms in total. The maximum absolute atomic E-state index is 11.7. The summed E-state index contributed by atoms with van der Waals surface area (Å²) in [5.74, 6) is -1.12. The Labute approximate surface area is 168 Å². The van der Waals surface area contributed by atoms with E-state index in [0.717, 1.165) is 5.56 Å². The first-order chi connectivity index (χ1) is 13.5. The molecule has 0 spiro atoms. The van der Waals surface area contributed by atoms with Crippen molar-refractivity contribution in [1.82, 2.24) is 0 Å². The predicted molar refractivity (Wildman–Crippen MR) is 107 cm³/mol. The number of benzene rings is 2. The van der Waals surface area contributed by atoms with Crippen LogP contribution >= 0.6 is 11.6 Å². The smallest absolute Gasteiger partial charge is 0.330 e. The highest BCUT2D eigenvalue weighted by Gasteiger charge is 2.27. The van der Waals surface area contributed by atoms with Crippen LogP contribution in [0.1, 0.15) is 24.0 Å². The van der Waals surface area contributed by atoms with Gasteiger partial charge < -0.3 is 9.47 Å². The van der Waals surface area contributed by atoms with Gasteiger partial charge in [-0.25, -0.2) is 4.79 Å². The normalized spacial score (nSPS) is 13.2. The Morgan fingerprint density at radius 3 is 2.46 bits per heavy atom. The zero-order valence-corrected chi connectivity index (χ0v) is 16.2. The van der Waals surface area contributed by atoms with Gasteiger partial charge in [-0.3, -0.25) is 10.1 Å². The van der Waals surface area contributed by atoms with Crippen molar-refractivity contribution in [2.75, 3.05) is 13.2 Å². The van der Waals surface area contributed by atoms with Crippen LogP contribution in [0.2, 0.25) is 5.02 Å². The van der Waals surface area contributed by atoms with Crippen LogP contribution in [0.4, 0.5) is 0 Å². The van der Waals surface area contributed by atoms with Crippen LogP contribution in [0, 0.1) is 10.1 Å². The Bertz CT molecular complexity index is 792. The van der Waals surface area contributed by atoms with E-state index in [1.165, 1.54) is 12.2 Å². The standard InChI is InChI=1S/C21H22ClNO5/c1-2-27-21(24)13-12-20(28-15-16-6-4-3-5-7-16)19(14-23(25)26)17-8-10-18(22)11-9-17/h3-13,19-20H,2,14-15H2,1H3/b13-12+/t19-,20-/m1/s1. The second kappa shape index (κ2) is 11.2. The van der Waals surface area contributed by atoms with Crippen LogP contribution < -0.4 is 0 Å². The third kappa shape index (κ3) is 7.13. The molecular formula is C21H22ClNO5. The maximum Gasteiger partial charge on any atom is 0.330 e. The molecule has 2 aromatic rings. The predicted octanol–water partition coefficient (Wildman–Crippen LogP) is 4.41. The van der Waals surface area contributed by atoms with E-state index in [2.05, 4.69) is 0 Å². The monoisotopic (exact) mass is 403 g/mol. The number of hydrogen-bond donors (Lipinski definition) is 0. The number of nitro groups is 1. The van der Waals surface area contributed by atoms with Crippen molar-refractivity contribution in [1.29, 1.82) is 0 Å². The van der Waals surface area contributed by atoms with Crippen LogP contribution in [-0.4, -0.2) is 30.1 Å². The van der Waals surface area contributed by atoms with Crippen molar-refractivity contribution in [3.05, 3.63) is 93.0 Å². The lowest BCUT2D eigenvalue weighted by Gasteiger charge is -2.23. The second-order valence-corrected chi connectivity index (χ2v) is 6.48. The summed E-state index contributed by atoms with van der Waals surface area (Å²) in [6, 6.07) is 16.3. The number of rotatable bonds is 10. The molecule has 0 N–H and O–H groups in total. The van der Waals surface area contributed by atoms with Crippen molar-refractivity contribution < 1.29 is 19.2 Å². The molecule has 7 heteroatoms. The van der Waals surface area contributed by atoms with E-state index < -0.39 is 22.9 Å². The van der Waals surface area contributed by atoms with Gasteiger partial charge in [0.1, 0.15) is 0 Å². The Balaban J connectivity index is 2.28. The number of hydrogen-bond acceptors (Lipinski definition) is 5.